The van der Waals surface area contributed by atoms with Crippen LogP contribution in [0.25, 0.3) is 0 Å². The Balaban J connectivity index is 1.89. The van der Waals surface area contributed by atoms with Crippen LogP contribution in [0.3, 0.4) is 0 Å². The molecule has 0 atom stereocenters. The minimum atomic E-state index is 0.0857. The Morgan fingerprint density at radius 3 is 2.67 bits per heavy atom. The number of halogens is 2. The first-order chi connectivity index (χ1) is 9.83. The van der Waals surface area contributed by atoms with E-state index in [9.17, 15) is 0 Å². The second kappa shape index (κ2) is 6.97. The molecule has 0 fully saturated rings. The van der Waals surface area contributed by atoms with E-state index < -0.39 is 0 Å². The van der Waals surface area contributed by atoms with Crippen molar-refractivity contribution in [2.75, 3.05) is 0 Å². The minimum absolute atomic E-state index is 0.0857. The van der Waals surface area contributed by atoms with E-state index in [-0.39, 0.29) is 5.54 Å². The Kier molecular flexibility index (Phi) is 5.49. The molecule has 0 amide bonds. The lowest BCUT2D eigenvalue weighted by Crippen LogP contribution is -2.35. The van der Waals surface area contributed by atoms with Gasteiger partial charge in [0, 0.05) is 23.5 Å². The average Bonchev–Trinajstić information content (AvgIpc) is 2.85. The number of benzene rings is 1. The molecule has 2 rings (SSSR count). The van der Waals surface area contributed by atoms with Gasteiger partial charge in [0.05, 0.1) is 15.7 Å². The fourth-order valence-electron chi connectivity index (χ4n) is 1.56. The summed E-state index contributed by atoms with van der Waals surface area (Å²) in [7, 11) is 0. The predicted molar refractivity (Wildman–Crippen MR) is 89.5 cm³/mol. The molecule has 0 saturated heterocycles. The van der Waals surface area contributed by atoms with Gasteiger partial charge in [-0.25, -0.2) is 4.98 Å². The summed E-state index contributed by atoms with van der Waals surface area (Å²) in [5.74, 6) is 0.687. The second-order valence-electron chi connectivity index (χ2n) is 5.70. The summed E-state index contributed by atoms with van der Waals surface area (Å²) in [5, 5.41) is 7.49. The van der Waals surface area contributed by atoms with E-state index >= 15 is 0 Å². The maximum Gasteiger partial charge on any atom is 0.131 e. The molecule has 1 aromatic carbocycles. The zero-order valence-corrected chi connectivity index (χ0v) is 14.6. The highest BCUT2D eigenvalue weighted by Gasteiger charge is 2.10. The topological polar surface area (TPSA) is 34.2 Å². The third-order valence-corrected chi connectivity index (χ3v) is 4.28. The number of thiazole rings is 1. The average molecular weight is 345 g/mol. The van der Waals surface area contributed by atoms with Gasteiger partial charge < -0.3 is 10.1 Å². The van der Waals surface area contributed by atoms with E-state index in [1.807, 2.05) is 5.38 Å². The smallest absolute Gasteiger partial charge is 0.131 e. The van der Waals surface area contributed by atoms with Crippen LogP contribution in [0.15, 0.2) is 23.6 Å². The van der Waals surface area contributed by atoms with E-state index in [1.54, 1.807) is 29.5 Å². The number of aromatic nitrogens is 1. The van der Waals surface area contributed by atoms with E-state index in [1.165, 1.54) is 0 Å². The van der Waals surface area contributed by atoms with Gasteiger partial charge in [-0.1, -0.05) is 23.2 Å². The molecule has 0 aliphatic heterocycles. The third-order valence-electron chi connectivity index (χ3n) is 2.65. The highest BCUT2D eigenvalue weighted by molar-refractivity contribution is 7.09. The van der Waals surface area contributed by atoms with Crippen LogP contribution in [0, 0.1) is 0 Å². The Bertz CT molecular complexity index is 608. The van der Waals surface area contributed by atoms with Crippen LogP contribution in [0.1, 0.15) is 31.5 Å². The molecule has 1 aromatic heterocycles. The number of hydrogen-bond donors (Lipinski definition) is 1. The van der Waals surface area contributed by atoms with Crippen molar-refractivity contribution in [2.45, 2.75) is 39.5 Å². The summed E-state index contributed by atoms with van der Waals surface area (Å²) >= 11 is 13.4. The number of nitrogens with zero attached hydrogens (tertiary/aromatic N) is 1. The molecule has 6 heteroatoms. The molecular weight excluding hydrogens is 327 g/mol. The molecule has 0 aliphatic carbocycles. The van der Waals surface area contributed by atoms with E-state index in [0.717, 1.165) is 17.2 Å². The molecule has 0 unspecified atom stereocenters. The van der Waals surface area contributed by atoms with Crippen molar-refractivity contribution >= 4 is 34.5 Å². The van der Waals surface area contributed by atoms with Crippen molar-refractivity contribution in [1.29, 1.82) is 0 Å². The zero-order valence-electron chi connectivity index (χ0n) is 12.2. The molecule has 0 spiro atoms. The first kappa shape index (κ1) is 16.6. The Morgan fingerprint density at radius 1 is 1.24 bits per heavy atom. The highest BCUT2D eigenvalue weighted by atomic mass is 35.5. The largest absolute Gasteiger partial charge is 0.487 e. The molecule has 0 radical (unpaired) electrons. The SMILES string of the molecule is CC(C)(C)NCc1nc(COc2ccc(Cl)c(Cl)c2)cs1. The van der Waals surface area contributed by atoms with Crippen LogP contribution in [0.5, 0.6) is 5.75 Å². The standard InChI is InChI=1S/C15H18Cl2N2OS/c1-15(2,3)18-7-14-19-10(9-21-14)8-20-11-4-5-12(16)13(17)6-11/h4-6,9,18H,7-8H2,1-3H3. The van der Waals surface area contributed by atoms with Crippen molar-refractivity contribution in [2.24, 2.45) is 0 Å². The molecule has 21 heavy (non-hydrogen) atoms. The Morgan fingerprint density at radius 2 is 2.00 bits per heavy atom. The molecule has 0 aliphatic rings. The van der Waals surface area contributed by atoms with E-state index in [4.69, 9.17) is 27.9 Å². The van der Waals surface area contributed by atoms with Gasteiger partial charge >= 0.3 is 0 Å². The summed E-state index contributed by atoms with van der Waals surface area (Å²) in [5.41, 5.74) is 0.999. The molecular formula is C15H18Cl2N2OS. The van der Waals surface area contributed by atoms with Crippen LogP contribution in [0.2, 0.25) is 10.0 Å². The summed E-state index contributed by atoms with van der Waals surface area (Å²) in [6.07, 6.45) is 0. The fourth-order valence-corrected chi connectivity index (χ4v) is 2.57. The van der Waals surface area contributed by atoms with E-state index in [0.29, 0.717) is 22.4 Å². The molecule has 1 N–H and O–H groups in total. The van der Waals surface area contributed by atoms with Crippen molar-refractivity contribution in [1.82, 2.24) is 10.3 Å². The van der Waals surface area contributed by atoms with Gasteiger partial charge in [-0.3, -0.25) is 0 Å². The fraction of sp³-hybridized carbons (Fsp3) is 0.400. The number of nitrogens with one attached hydrogen (secondary N) is 1. The van der Waals surface area contributed by atoms with Crippen LogP contribution in [-0.2, 0) is 13.2 Å². The lowest BCUT2D eigenvalue weighted by atomic mass is 10.1. The summed E-state index contributed by atoms with van der Waals surface area (Å²) in [6, 6.07) is 5.22. The number of rotatable bonds is 5. The van der Waals surface area contributed by atoms with Crippen molar-refractivity contribution < 1.29 is 4.74 Å². The molecule has 3 nitrogen and oxygen atoms in total. The van der Waals surface area contributed by atoms with Gasteiger partial charge in [0.1, 0.15) is 17.4 Å². The number of ether oxygens (including phenoxy) is 1. The first-order valence-electron chi connectivity index (χ1n) is 6.60. The Labute approximate surface area is 139 Å². The third kappa shape index (κ3) is 5.47. The summed E-state index contributed by atoms with van der Waals surface area (Å²) in [4.78, 5) is 4.54. The van der Waals surface area contributed by atoms with Gasteiger partial charge in [0.2, 0.25) is 0 Å². The molecule has 1 heterocycles. The number of hydrogen-bond acceptors (Lipinski definition) is 4. The normalized spacial score (nSPS) is 11.7. The van der Waals surface area contributed by atoms with Crippen LogP contribution in [0.4, 0.5) is 0 Å². The van der Waals surface area contributed by atoms with Gasteiger partial charge in [-0.05, 0) is 32.9 Å². The monoisotopic (exact) mass is 344 g/mol. The van der Waals surface area contributed by atoms with Crippen molar-refractivity contribution in [3.8, 4) is 5.75 Å². The highest BCUT2D eigenvalue weighted by Crippen LogP contribution is 2.26. The predicted octanol–water partition coefficient (Wildman–Crippen LogP) is 4.92. The molecule has 114 valence electrons. The van der Waals surface area contributed by atoms with Gasteiger partial charge in [0.25, 0.3) is 0 Å². The van der Waals surface area contributed by atoms with Crippen LogP contribution < -0.4 is 10.1 Å². The van der Waals surface area contributed by atoms with Crippen LogP contribution in [-0.4, -0.2) is 10.5 Å². The van der Waals surface area contributed by atoms with Crippen molar-refractivity contribution in [3.05, 3.63) is 44.3 Å². The minimum Gasteiger partial charge on any atom is -0.487 e. The summed E-state index contributed by atoms with van der Waals surface area (Å²) in [6.45, 7) is 7.59. The van der Waals surface area contributed by atoms with Crippen molar-refractivity contribution in [3.63, 3.8) is 0 Å². The molecule has 0 saturated carbocycles. The Hall–Kier alpha value is -0.810. The zero-order chi connectivity index (χ0) is 15.5. The van der Waals surface area contributed by atoms with Gasteiger partial charge in [0.15, 0.2) is 0 Å². The van der Waals surface area contributed by atoms with Gasteiger partial charge in [-0.2, -0.15) is 0 Å². The maximum atomic E-state index is 5.95. The van der Waals surface area contributed by atoms with E-state index in [2.05, 4.69) is 31.1 Å². The van der Waals surface area contributed by atoms with Gasteiger partial charge in [-0.15, -0.1) is 11.3 Å². The molecule has 0 bridgehead atoms. The quantitative estimate of drug-likeness (QED) is 0.835. The second-order valence-corrected chi connectivity index (χ2v) is 7.46. The summed E-state index contributed by atoms with van der Waals surface area (Å²) < 4.78 is 5.67. The molecule has 2 aromatic rings. The van der Waals surface area contributed by atoms with Crippen LogP contribution >= 0.6 is 34.5 Å². The lowest BCUT2D eigenvalue weighted by Gasteiger charge is -2.19. The first-order valence-corrected chi connectivity index (χ1v) is 8.23. The maximum absolute atomic E-state index is 5.95. The lowest BCUT2D eigenvalue weighted by molar-refractivity contribution is 0.301.